The number of hydrogen-bond donors (Lipinski definition) is 1. The van der Waals surface area contributed by atoms with Crippen LogP contribution in [0.3, 0.4) is 0 Å². The van der Waals surface area contributed by atoms with Gasteiger partial charge in [-0.05, 0) is 57.7 Å². The highest BCUT2D eigenvalue weighted by Gasteiger charge is 2.28. The predicted molar refractivity (Wildman–Crippen MR) is 72.3 cm³/mol. The van der Waals surface area contributed by atoms with E-state index in [0.29, 0.717) is 0 Å². The first-order valence-corrected chi connectivity index (χ1v) is 6.46. The van der Waals surface area contributed by atoms with Crippen LogP contribution in [0, 0.1) is 5.92 Å². The molecule has 16 heavy (non-hydrogen) atoms. The average molecular weight is 245 g/mol. The van der Waals surface area contributed by atoms with E-state index < -0.39 is 0 Å². The van der Waals surface area contributed by atoms with Crippen molar-refractivity contribution < 1.29 is 0 Å². The van der Waals surface area contributed by atoms with Crippen LogP contribution in [-0.4, -0.2) is 37.1 Å². The van der Waals surface area contributed by atoms with Crippen molar-refractivity contribution in [1.82, 2.24) is 10.2 Å². The quantitative estimate of drug-likeness (QED) is 0.723. The molecule has 1 saturated heterocycles. The lowest BCUT2D eigenvalue weighted by atomic mass is 9.94. The molecule has 2 rings (SSSR count). The number of piperidine rings is 1. The molecule has 0 spiro atoms. The van der Waals surface area contributed by atoms with Crippen LogP contribution in [-0.2, 0) is 0 Å². The van der Waals surface area contributed by atoms with E-state index in [-0.39, 0.29) is 12.4 Å². The van der Waals surface area contributed by atoms with Gasteiger partial charge in [-0.2, -0.15) is 0 Å². The number of halogens is 1. The fourth-order valence-corrected chi connectivity index (χ4v) is 2.55. The van der Waals surface area contributed by atoms with Crippen molar-refractivity contribution in [3.8, 4) is 0 Å². The minimum atomic E-state index is 0. The summed E-state index contributed by atoms with van der Waals surface area (Å²) in [5, 5.41) is 3.43. The second-order valence-corrected chi connectivity index (χ2v) is 5.00. The second-order valence-electron chi connectivity index (χ2n) is 5.00. The summed E-state index contributed by atoms with van der Waals surface area (Å²) in [5.41, 5.74) is 0. The zero-order valence-electron chi connectivity index (χ0n) is 10.2. The van der Waals surface area contributed by atoms with Gasteiger partial charge in [-0.3, -0.25) is 4.90 Å². The number of nitrogens with zero attached hydrogens (tertiary/aromatic N) is 1. The highest BCUT2D eigenvalue weighted by molar-refractivity contribution is 5.85. The Balaban J connectivity index is 0.00000128. The SMILES string of the molecule is C=CCN(CCC1CCNCC1)C1CC1.Cl. The summed E-state index contributed by atoms with van der Waals surface area (Å²) in [5.74, 6) is 0.970. The van der Waals surface area contributed by atoms with Crippen molar-refractivity contribution >= 4 is 12.4 Å². The van der Waals surface area contributed by atoms with Gasteiger partial charge in [0.1, 0.15) is 0 Å². The largest absolute Gasteiger partial charge is 0.317 e. The fourth-order valence-electron chi connectivity index (χ4n) is 2.55. The van der Waals surface area contributed by atoms with Gasteiger partial charge in [0.15, 0.2) is 0 Å². The van der Waals surface area contributed by atoms with Gasteiger partial charge in [0.05, 0.1) is 0 Å². The van der Waals surface area contributed by atoms with Crippen molar-refractivity contribution in [2.45, 2.75) is 38.1 Å². The normalized spacial score (nSPS) is 21.8. The molecule has 0 radical (unpaired) electrons. The minimum absolute atomic E-state index is 0. The lowest BCUT2D eigenvalue weighted by Crippen LogP contribution is -2.32. The fraction of sp³-hybridized carbons (Fsp3) is 0.846. The first-order chi connectivity index (χ1) is 7.40. The maximum absolute atomic E-state index is 3.85. The third-order valence-corrected chi connectivity index (χ3v) is 3.71. The Hall–Kier alpha value is -0.0500. The maximum atomic E-state index is 3.85. The Morgan fingerprint density at radius 3 is 2.44 bits per heavy atom. The van der Waals surface area contributed by atoms with Gasteiger partial charge >= 0.3 is 0 Å². The smallest absolute Gasteiger partial charge is 0.0163 e. The minimum Gasteiger partial charge on any atom is -0.317 e. The Kier molecular flexibility index (Phi) is 6.40. The Morgan fingerprint density at radius 1 is 1.19 bits per heavy atom. The summed E-state index contributed by atoms with van der Waals surface area (Å²) in [7, 11) is 0. The van der Waals surface area contributed by atoms with Crippen LogP contribution >= 0.6 is 12.4 Å². The Morgan fingerprint density at radius 2 is 1.88 bits per heavy atom. The third kappa shape index (κ3) is 4.44. The topological polar surface area (TPSA) is 15.3 Å². The molecule has 0 aromatic heterocycles. The van der Waals surface area contributed by atoms with Crippen LogP contribution in [0.2, 0.25) is 0 Å². The third-order valence-electron chi connectivity index (χ3n) is 3.71. The lowest BCUT2D eigenvalue weighted by Gasteiger charge is -2.26. The highest BCUT2D eigenvalue weighted by atomic mass is 35.5. The van der Waals surface area contributed by atoms with Gasteiger partial charge in [0, 0.05) is 12.6 Å². The van der Waals surface area contributed by atoms with Crippen molar-refractivity contribution in [2.75, 3.05) is 26.2 Å². The predicted octanol–water partition coefficient (Wildman–Crippen LogP) is 2.45. The molecule has 0 unspecified atom stereocenters. The van der Waals surface area contributed by atoms with Crippen molar-refractivity contribution in [3.63, 3.8) is 0 Å². The van der Waals surface area contributed by atoms with Gasteiger partial charge in [-0.25, -0.2) is 0 Å². The van der Waals surface area contributed by atoms with Gasteiger partial charge in [-0.15, -0.1) is 19.0 Å². The average Bonchev–Trinajstić information content (AvgIpc) is 3.09. The van der Waals surface area contributed by atoms with E-state index in [2.05, 4.69) is 22.9 Å². The van der Waals surface area contributed by atoms with E-state index >= 15 is 0 Å². The molecule has 0 aromatic carbocycles. The molecular formula is C13H25ClN2. The molecule has 2 nitrogen and oxygen atoms in total. The van der Waals surface area contributed by atoms with Gasteiger partial charge in [0.25, 0.3) is 0 Å². The van der Waals surface area contributed by atoms with Crippen LogP contribution in [0.4, 0.5) is 0 Å². The molecule has 0 atom stereocenters. The van der Waals surface area contributed by atoms with Crippen molar-refractivity contribution in [2.24, 2.45) is 5.92 Å². The lowest BCUT2D eigenvalue weighted by molar-refractivity contribution is 0.246. The molecule has 1 saturated carbocycles. The van der Waals surface area contributed by atoms with Gasteiger partial charge in [0.2, 0.25) is 0 Å². The molecule has 0 bridgehead atoms. The van der Waals surface area contributed by atoms with Crippen LogP contribution in [0.25, 0.3) is 0 Å². The van der Waals surface area contributed by atoms with Crippen molar-refractivity contribution in [3.05, 3.63) is 12.7 Å². The van der Waals surface area contributed by atoms with Crippen LogP contribution in [0.5, 0.6) is 0 Å². The first-order valence-electron chi connectivity index (χ1n) is 6.46. The molecule has 2 aliphatic rings. The second kappa shape index (κ2) is 7.31. The summed E-state index contributed by atoms with van der Waals surface area (Å²) >= 11 is 0. The molecule has 0 amide bonds. The van der Waals surface area contributed by atoms with E-state index in [4.69, 9.17) is 0 Å². The summed E-state index contributed by atoms with van der Waals surface area (Å²) in [6, 6.07) is 0.893. The van der Waals surface area contributed by atoms with Crippen LogP contribution in [0.15, 0.2) is 12.7 Å². The molecule has 1 heterocycles. The summed E-state index contributed by atoms with van der Waals surface area (Å²) in [6.45, 7) is 8.70. The maximum Gasteiger partial charge on any atom is 0.0163 e. The molecule has 1 N–H and O–H groups in total. The molecule has 0 aromatic rings. The zero-order valence-corrected chi connectivity index (χ0v) is 11.0. The number of rotatable bonds is 6. The van der Waals surface area contributed by atoms with Gasteiger partial charge < -0.3 is 5.32 Å². The molecule has 1 aliphatic heterocycles. The zero-order chi connectivity index (χ0) is 10.5. The molecule has 1 aliphatic carbocycles. The number of hydrogen-bond acceptors (Lipinski definition) is 2. The van der Waals surface area contributed by atoms with E-state index in [1.165, 1.54) is 51.7 Å². The van der Waals surface area contributed by atoms with E-state index in [0.717, 1.165) is 18.5 Å². The van der Waals surface area contributed by atoms with Gasteiger partial charge in [-0.1, -0.05) is 6.08 Å². The highest BCUT2D eigenvalue weighted by Crippen LogP contribution is 2.28. The summed E-state index contributed by atoms with van der Waals surface area (Å²) < 4.78 is 0. The number of nitrogens with one attached hydrogen (secondary N) is 1. The summed E-state index contributed by atoms with van der Waals surface area (Å²) in [6.07, 6.45) is 9.05. The van der Waals surface area contributed by atoms with Crippen molar-refractivity contribution in [1.29, 1.82) is 0 Å². The first kappa shape index (κ1) is 14.0. The molecule has 94 valence electrons. The molecular weight excluding hydrogens is 220 g/mol. The summed E-state index contributed by atoms with van der Waals surface area (Å²) in [4.78, 5) is 2.62. The monoisotopic (exact) mass is 244 g/mol. The van der Waals surface area contributed by atoms with E-state index in [1.807, 2.05) is 0 Å². The van der Waals surface area contributed by atoms with Crippen LogP contribution in [0.1, 0.15) is 32.1 Å². The van der Waals surface area contributed by atoms with E-state index in [1.54, 1.807) is 0 Å². The van der Waals surface area contributed by atoms with Crippen LogP contribution < -0.4 is 5.32 Å². The molecule has 3 heteroatoms. The van der Waals surface area contributed by atoms with E-state index in [9.17, 15) is 0 Å². The standard InChI is InChI=1S/C13H24N2.ClH/c1-2-10-15(13-3-4-13)11-7-12-5-8-14-9-6-12;/h2,12-14H,1,3-11H2;1H. The Labute approximate surface area is 106 Å². The Bertz CT molecular complexity index is 198. The molecule has 2 fully saturated rings.